The number of carbonyl (C=O) groups is 2. The fourth-order valence-corrected chi connectivity index (χ4v) is 14.6. The molecule has 0 saturated carbocycles. The molecule has 0 bridgehead atoms. The van der Waals surface area contributed by atoms with Gasteiger partial charge >= 0.3 is 0 Å². The van der Waals surface area contributed by atoms with Gasteiger partial charge in [0.15, 0.2) is 5.78 Å². The first-order valence-electron chi connectivity index (χ1n) is 16.6. The molecular formula is C36H52O7S2Si. The van der Waals surface area contributed by atoms with Crippen molar-refractivity contribution >= 4 is 53.8 Å². The maximum Gasteiger partial charge on any atom is 0.261 e. The van der Waals surface area contributed by atoms with E-state index in [4.69, 9.17) is 9.16 Å². The number of thioether (sulfide) groups is 2. The average molecular weight is 689 g/mol. The highest BCUT2D eigenvalue weighted by Crippen LogP contribution is 2.47. The first-order valence-corrected chi connectivity index (χ1v) is 20.5. The molecule has 0 amide bonds. The van der Waals surface area contributed by atoms with Crippen molar-refractivity contribution in [2.75, 3.05) is 24.7 Å². The highest BCUT2D eigenvalue weighted by Gasteiger charge is 2.51. The number of aliphatic hydroxyl groups excluding tert-OH is 3. The van der Waals surface area contributed by atoms with Crippen molar-refractivity contribution in [3.63, 3.8) is 0 Å². The number of aliphatic hydroxyl groups is 3. The van der Waals surface area contributed by atoms with Gasteiger partial charge in [-0.15, -0.1) is 23.5 Å². The van der Waals surface area contributed by atoms with Gasteiger partial charge in [0.05, 0.1) is 37.6 Å². The van der Waals surface area contributed by atoms with Crippen molar-refractivity contribution in [1.29, 1.82) is 0 Å². The lowest BCUT2D eigenvalue weighted by Gasteiger charge is -2.43. The molecule has 0 unspecified atom stereocenters. The minimum atomic E-state index is -2.75. The van der Waals surface area contributed by atoms with Gasteiger partial charge in [0.2, 0.25) is 0 Å². The second kappa shape index (κ2) is 16.7. The van der Waals surface area contributed by atoms with Crippen molar-refractivity contribution in [1.82, 2.24) is 0 Å². The van der Waals surface area contributed by atoms with Crippen molar-refractivity contribution in [2.24, 2.45) is 5.92 Å². The van der Waals surface area contributed by atoms with Crippen LogP contribution in [-0.4, -0.2) is 88.4 Å². The lowest BCUT2D eigenvalue weighted by molar-refractivity contribution is -0.127. The molecule has 2 aliphatic heterocycles. The standard InChI is InChI=1S/C36H52O7S2Si/c1-26(31(39)16-17-34(41)36(19-18-27(38)24-37)44-20-11-21-45-36)22-33-32(40)23-28(43-33)25-42-46(35(2,3)4,29-12-7-5-8-13-29)30-14-9-6-10-15-30/h5-10,12-15,26-28,32-33,37-38,40H,11,16-25H2,1-4H3/t26-,27-,28+,32-,33-/m0/s1. The summed E-state index contributed by atoms with van der Waals surface area (Å²) >= 11 is 3.22. The summed E-state index contributed by atoms with van der Waals surface area (Å²) < 4.78 is 12.7. The fraction of sp³-hybridized carbons (Fsp3) is 0.611. The molecule has 7 nitrogen and oxygen atoms in total. The van der Waals surface area contributed by atoms with E-state index in [-0.39, 0.29) is 48.1 Å². The van der Waals surface area contributed by atoms with Crippen LogP contribution in [0.25, 0.3) is 0 Å². The van der Waals surface area contributed by atoms with Crippen LogP contribution in [0.5, 0.6) is 0 Å². The van der Waals surface area contributed by atoms with Crippen molar-refractivity contribution < 1.29 is 34.1 Å². The molecule has 10 heteroatoms. The predicted molar refractivity (Wildman–Crippen MR) is 190 cm³/mol. The molecule has 2 aromatic rings. The maximum atomic E-state index is 13.4. The normalized spacial score (nSPS) is 23.2. The summed E-state index contributed by atoms with van der Waals surface area (Å²) in [5, 5.41) is 32.3. The number of hydrogen-bond donors (Lipinski definition) is 3. The van der Waals surface area contributed by atoms with E-state index < -0.39 is 30.7 Å². The second-order valence-electron chi connectivity index (χ2n) is 13.8. The Morgan fingerprint density at radius 2 is 1.61 bits per heavy atom. The number of Topliss-reactive ketones (excluding diaryl/α,β-unsaturated/α-hetero) is 2. The van der Waals surface area contributed by atoms with Crippen LogP contribution in [-0.2, 0) is 18.8 Å². The minimum Gasteiger partial charge on any atom is -0.405 e. The van der Waals surface area contributed by atoms with Gasteiger partial charge in [-0.1, -0.05) is 88.4 Å². The lowest BCUT2D eigenvalue weighted by Crippen LogP contribution is -2.67. The first-order chi connectivity index (χ1) is 21.9. The average Bonchev–Trinajstić information content (AvgIpc) is 3.41. The summed E-state index contributed by atoms with van der Waals surface area (Å²) in [5.74, 6) is 1.41. The summed E-state index contributed by atoms with van der Waals surface area (Å²) in [6, 6.07) is 20.9. The number of carbonyl (C=O) groups excluding carboxylic acids is 2. The summed E-state index contributed by atoms with van der Waals surface area (Å²) in [6.07, 6.45) is 0.688. The van der Waals surface area contributed by atoms with E-state index in [1.807, 2.05) is 19.1 Å². The number of rotatable bonds is 16. The molecule has 0 aliphatic carbocycles. The van der Waals surface area contributed by atoms with Gasteiger partial charge in [-0.2, -0.15) is 0 Å². The van der Waals surface area contributed by atoms with Gasteiger partial charge in [0, 0.05) is 25.2 Å². The maximum absolute atomic E-state index is 13.4. The fourth-order valence-electron chi connectivity index (χ4n) is 6.73. The van der Waals surface area contributed by atoms with Gasteiger partial charge in [-0.05, 0) is 52.6 Å². The SMILES string of the molecule is C[C@@H](C[C@@H]1O[C@@H](CO[Si](c2ccccc2)(c2ccccc2)C(C)(C)C)C[C@@H]1O)C(=O)CCC(=O)C1(CC[C@H](O)CO)SCCCS1. The molecule has 2 saturated heterocycles. The molecule has 0 aromatic heterocycles. The number of ketones is 2. The molecule has 46 heavy (non-hydrogen) atoms. The Hall–Kier alpha value is -1.50. The molecule has 3 N–H and O–H groups in total. The van der Waals surface area contributed by atoms with Crippen molar-refractivity contribution in [3.05, 3.63) is 60.7 Å². The molecule has 0 spiro atoms. The van der Waals surface area contributed by atoms with Gasteiger partial charge in [0.1, 0.15) is 9.86 Å². The third kappa shape index (κ3) is 8.94. The zero-order chi connectivity index (χ0) is 33.4. The van der Waals surface area contributed by atoms with Crippen LogP contribution in [0.2, 0.25) is 5.04 Å². The van der Waals surface area contributed by atoms with Crippen LogP contribution in [0.4, 0.5) is 0 Å². The molecule has 2 aliphatic rings. The predicted octanol–water partition coefficient (Wildman–Crippen LogP) is 4.73. The highest BCUT2D eigenvalue weighted by molar-refractivity contribution is 8.19. The smallest absolute Gasteiger partial charge is 0.261 e. The molecule has 0 radical (unpaired) electrons. The Morgan fingerprint density at radius 1 is 1.02 bits per heavy atom. The van der Waals surface area contributed by atoms with E-state index >= 15 is 0 Å². The van der Waals surface area contributed by atoms with Crippen LogP contribution < -0.4 is 10.4 Å². The molecular weight excluding hydrogens is 637 g/mol. The second-order valence-corrected chi connectivity index (χ2v) is 21.1. The van der Waals surface area contributed by atoms with E-state index in [0.717, 1.165) is 17.9 Å². The third-order valence-corrected chi connectivity index (χ3v) is 17.8. The van der Waals surface area contributed by atoms with Gasteiger partial charge in [-0.3, -0.25) is 9.59 Å². The molecule has 2 fully saturated rings. The Morgan fingerprint density at radius 3 is 2.15 bits per heavy atom. The van der Waals surface area contributed by atoms with E-state index in [0.29, 0.717) is 32.3 Å². The number of ether oxygens (including phenoxy) is 1. The first kappa shape index (κ1) is 37.3. The summed E-state index contributed by atoms with van der Waals surface area (Å²) in [5.41, 5.74) is 0. The molecule has 2 aromatic carbocycles. The molecule has 5 atom stereocenters. The van der Waals surface area contributed by atoms with Crippen LogP contribution in [0.15, 0.2) is 60.7 Å². The van der Waals surface area contributed by atoms with Crippen LogP contribution >= 0.6 is 23.5 Å². The van der Waals surface area contributed by atoms with E-state index in [1.54, 1.807) is 23.5 Å². The van der Waals surface area contributed by atoms with Crippen LogP contribution in [0.1, 0.15) is 72.6 Å². The topological polar surface area (TPSA) is 113 Å². The van der Waals surface area contributed by atoms with Crippen LogP contribution in [0.3, 0.4) is 0 Å². The monoisotopic (exact) mass is 688 g/mol. The number of benzene rings is 2. The van der Waals surface area contributed by atoms with Crippen molar-refractivity contribution in [2.45, 2.75) is 106 Å². The Kier molecular flexibility index (Phi) is 13.6. The van der Waals surface area contributed by atoms with E-state index in [2.05, 4.69) is 69.3 Å². The molecule has 254 valence electrons. The van der Waals surface area contributed by atoms with Crippen molar-refractivity contribution in [3.8, 4) is 0 Å². The summed E-state index contributed by atoms with van der Waals surface area (Å²) in [4.78, 5) is 26.6. The Balaban J connectivity index is 1.36. The zero-order valence-corrected chi connectivity index (χ0v) is 30.4. The zero-order valence-electron chi connectivity index (χ0n) is 27.7. The van der Waals surface area contributed by atoms with E-state index in [9.17, 15) is 24.9 Å². The summed E-state index contributed by atoms with van der Waals surface area (Å²) in [7, 11) is -2.75. The Labute approximate surface area is 284 Å². The largest absolute Gasteiger partial charge is 0.405 e. The Bertz CT molecular complexity index is 1210. The van der Waals surface area contributed by atoms with Gasteiger partial charge in [0.25, 0.3) is 8.32 Å². The quantitative estimate of drug-likeness (QED) is 0.216. The van der Waals surface area contributed by atoms with E-state index in [1.165, 1.54) is 10.4 Å². The summed E-state index contributed by atoms with van der Waals surface area (Å²) in [6.45, 7) is 8.58. The molecule has 2 heterocycles. The lowest BCUT2D eigenvalue weighted by atomic mass is 9.92. The number of hydrogen-bond acceptors (Lipinski definition) is 9. The van der Waals surface area contributed by atoms with Gasteiger partial charge in [-0.25, -0.2) is 0 Å². The third-order valence-electron chi connectivity index (χ3n) is 9.34. The minimum absolute atomic E-state index is 0.00693. The molecule has 4 rings (SSSR count). The van der Waals surface area contributed by atoms with Gasteiger partial charge < -0.3 is 24.5 Å². The highest BCUT2D eigenvalue weighted by atomic mass is 32.2. The van der Waals surface area contributed by atoms with Crippen LogP contribution in [0, 0.1) is 5.92 Å².